The van der Waals surface area contributed by atoms with Gasteiger partial charge in [-0.3, -0.25) is 4.79 Å². The Bertz CT molecular complexity index is 1010. The third-order valence-corrected chi connectivity index (χ3v) is 6.34. The van der Waals surface area contributed by atoms with Gasteiger partial charge in [0.05, 0.1) is 9.88 Å². The monoisotopic (exact) mass is 482 g/mol. The predicted molar refractivity (Wildman–Crippen MR) is 128 cm³/mol. The van der Waals surface area contributed by atoms with Gasteiger partial charge in [0.15, 0.2) is 5.75 Å². The van der Waals surface area contributed by atoms with Crippen LogP contribution in [0.5, 0.6) is 11.5 Å². The predicted octanol–water partition coefficient (Wildman–Crippen LogP) is 4.66. The number of primary sulfonamides is 1. The van der Waals surface area contributed by atoms with E-state index in [-0.39, 0.29) is 29.0 Å². The van der Waals surface area contributed by atoms with E-state index in [0.717, 1.165) is 24.6 Å². The average molecular weight is 483 g/mol. The second-order valence-corrected chi connectivity index (χ2v) is 9.64. The highest BCUT2D eigenvalue weighted by Gasteiger charge is 2.23. The minimum absolute atomic E-state index is 0.0388. The van der Waals surface area contributed by atoms with Crippen molar-refractivity contribution < 1.29 is 22.7 Å². The Morgan fingerprint density at radius 3 is 2.52 bits per heavy atom. The Morgan fingerprint density at radius 2 is 1.90 bits per heavy atom. The van der Waals surface area contributed by atoms with E-state index in [4.69, 9.17) is 26.8 Å². The number of nitrogens with two attached hydrogens (primary N) is 1. The lowest BCUT2D eigenvalue weighted by Crippen LogP contribution is -2.16. The fraction of sp³-hybridized carbons (Fsp3) is 0.333. The first kappa shape index (κ1) is 25.1. The number of carbonyl (C=O) groups is 1. The van der Waals surface area contributed by atoms with Gasteiger partial charge in [0.1, 0.15) is 16.6 Å². The van der Waals surface area contributed by atoms with Gasteiger partial charge in [0.25, 0.3) is 0 Å². The van der Waals surface area contributed by atoms with Crippen LogP contribution in [0.3, 0.4) is 0 Å². The Hall–Kier alpha value is -2.14. The van der Waals surface area contributed by atoms with E-state index in [9.17, 15) is 13.2 Å². The number of benzene rings is 2. The summed E-state index contributed by atoms with van der Waals surface area (Å²) in [4.78, 5) is 11.2. The minimum atomic E-state index is -4.12. The molecule has 0 amide bonds. The maximum atomic E-state index is 12.4. The van der Waals surface area contributed by atoms with Gasteiger partial charge >= 0.3 is 5.97 Å². The summed E-state index contributed by atoms with van der Waals surface area (Å²) in [6, 6.07) is 12.0. The lowest BCUT2D eigenvalue weighted by Gasteiger charge is -2.18. The smallest absolute Gasteiger partial charge is 0.306 e. The van der Waals surface area contributed by atoms with Crippen LogP contribution in [0.2, 0.25) is 0 Å². The van der Waals surface area contributed by atoms with E-state index in [1.54, 1.807) is 37.3 Å². The Morgan fingerprint density at radius 1 is 1.19 bits per heavy atom. The molecule has 0 aliphatic heterocycles. The molecule has 31 heavy (non-hydrogen) atoms. The maximum Gasteiger partial charge on any atom is 0.306 e. The summed E-state index contributed by atoms with van der Waals surface area (Å²) in [7, 11) is -4.12. The first-order valence-electron chi connectivity index (χ1n) is 9.76. The third kappa shape index (κ3) is 7.80. The van der Waals surface area contributed by atoms with Crippen molar-refractivity contribution in [2.24, 2.45) is 5.14 Å². The molecule has 0 saturated heterocycles. The first-order valence-corrected chi connectivity index (χ1v) is 12.7. The number of anilines is 1. The Balaban J connectivity index is 2.44. The quantitative estimate of drug-likeness (QED) is 0.206. The molecule has 3 N–H and O–H groups in total. The van der Waals surface area contributed by atoms with Crippen LogP contribution in [-0.4, -0.2) is 31.1 Å². The molecule has 2 aromatic carbocycles. The van der Waals surface area contributed by atoms with Crippen molar-refractivity contribution in [2.75, 3.05) is 17.8 Å². The fourth-order valence-corrected chi connectivity index (χ4v) is 4.05. The van der Waals surface area contributed by atoms with Crippen LogP contribution >= 0.6 is 24.0 Å². The van der Waals surface area contributed by atoms with Crippen molar-refractivity contribution in [1.29, 1.82) is 0 Å². The number of esters is 1. The second-order valence-electron chi connectivity index (χ2n) is 6.51. The number of hydrogen-bond acceptors (Lipinski definition) is 8. The van der Waals surface area contributed by atoms with Crippen molar-refractivity contribution in [2.45, 2.75) is 38.0 Å². The molecule has 7 nitrogen and oxygen atoms in total. The van der Waals surface area contributed by atoms with Crippen LogP contribution in [-0.2, 0) is 19.6 Å². The molecule has 168 valence electrons. The molecule has 2 rings (SSSR count). The van der Waals surface area contributed by atoms with Crippen molar-refractivity contribution >= 4 is 49.9 Å². The topological polar surface area (TPSA) is 108 Å². The zero-order valence-electron chi connectivity index (χ0n) is 17.4. The minimum Gasteiger partial charge on any atom is -0.454 e. The van der Waals surface area contributed by atoms with Gasteiger partial charge in [-0.1, -0.05) is 62.4 Å². The van der Waals surface area contributed by atoms with Crippen LogP contribution in [0, 0.1) is 0 Å². The summed E-state index contributed by atoms with van der Waals surface area (Å²) < 4.78 is 36.1. The van der Waals surface area contributed by atoms with E-state index >= 15 is 0 Å². The summed E-state index contributed by atoms with van der Waals surface area (Å²) in [5, 5.41) is 8.73. The van der Waals surface area contributed by atoms with E-state index in [2.05, 4.69) is 12.2 Å². The van der Waals surface area contributed by atoms with Crippen molar-refractivity contribution in [3.8, 4) is 11.5 Å². The largest absolute Gasteiger partial charge is 0.454 e. The van der Waals surface area contributed by atoms with Gasteiger partial charge in [-0.15, -0.1) is 0 Å². The number of nitrogens with one attached hydrogen (secondary N) is 1. The Labute approximate surface area is 192 Å². The molecule has 0 bridgehead atoms. The van der Waals surface area contributed by atoms with Gasteiger partial charge in [0, 0.05) is 18.5 Å². The molecule has 0 spiro atoms. The molecule has 0 atom stereocenters. The summed E-state index contributed by atoms with van der Waals surface area (Å²) in [6.07, 6.45) is 2.10. The van der Waals surface area contributed by atoms with E-state index < -0.39 is 10.0 Å². The van der Waals surface area contributed by atoms with Crippen LogP contribution in [0.25, 0.3) is 0 Å². The van der Waals surface area contributed by atoms with E-state index in [1.165, 1.54) is 6.07 Å². The molecule has 2 aromatic rings. The standard InChI is InChI=1S/C21H26N2O5S3/c1-3-5-11-23-17-12-15(21(29)30-14-27-19(24)4-2)13-18(31(22,25)26)20(17)28-16-9-7-6-8-10-16/h6-10,12-13,23H,3-5,11,14H2,1-2H3,(H2,22,25,26). The number of para-hydroxylation sites is 1. The number of carbonyl (C=O) groups excluding carboxylic acids is 1. The third-order valence-electron chi connectivity index (χ3n) is 4.10. The summed E-state index contributed by atoms with van der Waals surface area (Å²) in [5.41, 5.74) is 0.934. The average Bonchev–Trinajstić information content (AvgIpc) is 2.74. The van der Waals surface area contributed by atoms with Gasteiger partial charge in [-0.2, -0.15) is 0 Å². The zero-order chi connectivity index (χ0) is 22.9. The van der Waals surface area contributed by atoms with Crippen LogP contribution in [0.4, 0.5) is 5.69 Å². The Kier molecular flexibility index (Phi) is 9.76. The van der Waals surface area contributed by atoms with Crippen LogP contribution in [0.15, 0.2) is 47.4 Å². The van der Waals surface area contributed by atoms with E-state index in [1.807, 2.05) is 6.07 Å². The molecule has 0 aliphatic carbocycles. The SMILES string of the molecule is CCCCNc1cc(C(=S)SCOC(=O)CC)cc(S(N)(=O)=O)c1Oc1ccccc1. The number of thioether (sulfide) groups is 1. The molecule has 0 heterocycles. The van der Waals surface area contributed by atoms with Crippen molar-refractivity contribution in [3.63, 3.8) is 0 Å². The molecule has 10 heteroatoms. The molecule has 0 saturated carbocycles. The lowest BCUT2D eigenvalue weighted by atomic mass is 10.2. The van der Waals surface area contributed by atoms with E-state index in [0.29, 0.717) is 27.7 Å². The number of ether oxygens (including phenoxy) is 2. The summed E-state index contributed by atoms with van der Waals surface area (Å²) in [5.74, 6) is 0.284. The molecule has 0 radical (unpaired) electrons. The first-order chi connectivity index (χ1) is 14.8. The van der Waals surface area contributed by atoms with Gasteiger partial charge in [0.2, 0.25) is 10.0 Å². The molecular formula is C21H26N2O5S3. The maximum absolute atomic E-state index is 12.4. The lowest BCUT2D eigenvalue weighted by molar-refractivity contribution is -0.140. The van der Waals surface area contributed by atoms with Gasteiger partial charge in [-0.25, -0.2) is 13.6 Å². The molecular weight excluding hydrogens is 456 g/mol. The van der Waals surface area contributed by atoms with Crippen LogP contribution in [0.1, 0.15) is 38.7 Å². The van der Waals surface area contributed by atoms with Crippen molar-refractivity contribution in [1.82, 2.24) is 0 Å². The fourth-order valence-electron chi connectivity index (χ4n) is 2.51. The van der Waals surface area contributed by atoms with Crippen LogP contribution < -0.4 is 15.2 Å². The molecule has 0 aliphatic rings. The molecule has 0 fully saturated rings. The number of sulfonamides is 1. The molecule has 0 unspecified atom stereocenters. The second kappa shape index (κ2) is 12.0. The number of thiocarbonyl (C=S) groups is 1. The van der Waals surface area contributed by atoms with Gasteiger partial charge < -0.3 is 14.8 Å². The molecule has 0 aromatic heterocycles. The number of rotatable bonds is 11. The van der Waals surface area contributed by atoms with Gasteiger partial charge in [-0.05, 0) is 30.7 Å². The zero-order valence-corrected chi connectivity index (χ0v) is 19.9. The highest BCUT2D eigenvalue weighted by Crippen LogP contribution is 2.38. The number of unbranched alkanes of at least 4 members (excludes halogenated alkanes) is 1. The normalized spacial score (nSPS) is 11.1. The highest BCUT2D eigenvalue weighted by atomic mass is 32.2. The summed E-state index contributed by atoms with van der Waals surface area (Å²) in [6.45, 7) is 4.37. The summed E-state index contributed by atoms with van der Waals surface area (Å²) >= 11 is 6.55. The van der Waals surface area contributed by atoms with Crippen molar-refractivity contribution in [3.05, 3.63) is 48.0 Å². The number of hydrogen-bond donors (Lipinski definition) is 2. The highest BCUT2D eigenvalue weighted by molar-refractivity contribution is 8.23.